The Morgan fingerprint density at radius 1 is 1.24 bits per heavy atom. The van der Waals surface area contributed by atoms with Gasteiger partial charge < -0.3 is 10.6 Å². The molecule has 3 rings (SSSR count). The number of benzene rings is 1. The van der Waals surface area contributed by atoms with Crippen LogP contribution in [0.15, 0.2) is 35.7 Å². The zero-order valence-electron chi connectivity index (χ0n) is 14.9. The van der Waals surface area contributed by atoms with Crippen molar-refractivity contribution in [2.45, 2.75) is 32.4 Å². The van der Waals surface area contributed by atoms with Crippen LogP contribution < -0.4 is 5.73 Å². The van der Waals surface area contributed by atoms with Gasteiger partial charge in [0, 0.05) is 38.1 Å². The first-order valence-electron chi connectivity index (χ1n) is 8.80. The molecular weight excluding hydrogens is 332 g/mol. The molecule has 0 spiro atoms. The number of carbonyl (C=O) groups is 1. The number of thiazole rings is 1. The number of piperazine rings is 1. The van der Waals surface area contributed by atoms with Gasteiger partial charge in [-0.1, -0.05) is 37.3 Å². The second-order valence-corrected chi connectivity index (χ2v) is 7.67. The van der Waals surface area contributed by atoms with Crippen LogP contribution in [0.1, 0.15) is 30.1 Å². The minimum atomic E-state index is -0.978. The van der Waals surface area contributed by atoms with Crippen molar-refractivity contribution in [3.8, 4) is 0 Å². The third kappa shape index (κ3) is 4.08. The van der Waals surface area contributed by atoms with Crippen molar-refractivity contribution in [1.29, 1.82) is 0 Å². The van der Waals surface area contributed by atoms with E-state index in [1.807, 2.05) is 35.2 Å². The Bertz CT molecular complexity index is 705. The van der Waals surface area contributed by atoms with Crippen LogP contribution in [0, 0.1) is 0 Å². The summed E-state index contributed by atoms with van der Waals surface area (Å²) < 4.78 is 0. The number of hydrogen-bond acceptors (Lipinski definition) is 5. The molecule has 1 atom stereocenters. The molecule has 1 saturated heterocycles. The van der Waals surface area contributed by atoms with Gasteiger partial charge in [0.05, 0.1) is 10.7 Å². The van der Waals surface area contributed by atoms with Crippen molar-refractivity contribution >= 4 is 17.2 Å². The lowest BCUT2D eigenvalue weighted by molar-refractivity contribution is -0.138. The van der Waals surface area contributed by atoms with Crippen molar-refractivity contribution in [2.75, 3.05) is 26.2 Å². The molecule has 134 valence electrons. The van der Waals surface area contributed by atoms with Gasteiger partial charge in [0.2, 0.25) is 5.91 Å². The molecule has 25 heavy (non-hydrogen) atoms. The summed E-state index contributed by atoms with van der Waals surface area (Å²) in [7, 11) is 0. The average Bonchev–Trinajstić information content (AvgIpc) is 3.10. The molecular formula is C19H26N4OS. The quantitative estimate of drug-likeness (QED) is 0.890. The highest BCUT2D eigenvalue weighted by molar-refractivity contribution is 7.09. The third-order valence-corrected chi connectivity index (χ3v) is 5.81. The fourth-order valence-corrected chi connectivity index (χ4v) is 3.89. The summed E-state index contributed by atoms with van der Waals surface area (Å²) >= 11 is 1.73. The molecule has 0 radical (unpaired) electrons. The van der Waals surface area contributed by atoms with Crippen molar-refractivity contribution < 1.29 is 4.79 Å². The van der Waals surface area contributed by atoms with E-state index >= 15 is 0 Å². The number of nitrogens with two attached hydrogens (primary N) is 1. The molecule has 0 saturated carbocycles. The first-order valence-corrected chi connectivity index (χ1v) is 9.68. The van der Waals surface area contributed by atoms with Gasteiger partial charge in [0.1, 0.15) is 5.54 Å². The molecule has 1 aliphatic heterocycles. The van der Waals surface area contributed by atoms with Gasteiger partial charge in [-0.15, -0.1) is 11.3 Å². The maximum Gasteiger partial charge on any atom is 0.247 e. The van der Waals surface area contributed by atoms with Gasteiger partial charge >= 0.3 is 0 Å². The molecule has 1 aromatic heterocycles. The number of carbonyl (C=O) groups excluding carboxylic acids is 1. The minimum Gasteiger partial charge on any atom is -0.338 e. The minimum absolute atomic E-state index is 0.000257. The standard InChI is InChI=1S/C19H26N4OS/c1-3-17-21-16(14-25-17)13-22-9-11-23(12-10-22)18(24)19(2,20)15-7-5-4-6-8-15/h4-8,14H,3,9-13,20H2,1-2H3. The second kappa shape index (κ2) is 7.64. The summed E-state index contributed by atoms with van der Waals surface area (Å²) in [5.74, 6) is 0.000257. The SMILES string of the molecule is CCc1nc(CN2CCN(C(=O)C(C)(N)c3ccccc3)CC2)cs1. The van der Waals surface area contributed by atoms with Crippen LogP contribution >= 0.6 is 11.3 Å². The molecule has 5 nitrogen and oxygen atoms in total. The van der Waals surface area contributed by atoms with E-state index in [1.54, 1.807) is 18.3 Å². The fraction of sp³-hybridized carbons (Fsp3) is 0.474. The highest BCUT2D eigenvalue weighted by Gasteiger charge is 2.35. The normalized spacial score (nSPS) is 18.1. The van der Waals surface area contributed by atoms with Crippen molar-refractivity contribution in [2.24, 2.45) is 5.73 Å². The van der Waals surface area contributed by atoms with Gasteiger partial charge in [0.25, 0.3) is 0 Å². The molecule has 0 bridgehead atoms. The van der Waals surface area contributed by atoms with Crippen molar-refractivity contribution in [3.63, 3.8) is 0 Å². The summed E-state index contributed by atoms with van der Waals surface area (Å²) in [6, 6.07) is 9.61. The molecule has 2 aromatic rings. The Labute approximate surface area is 153 Å². The first-order chi connectivity index (χ1) is 12.0. The Balaban J connectivity index is 1.57. The van der Waals surface area contributed by atoms with E-state index in [1.165, 1.54) is 5.01 Å². The average molecular weight is 359 g/mol. The topological polar surface area (TPSA) is 62.5 Å². The van der Waals surface area contributed by atoms with E-state index in [9.17, 15) is 4.79 Å². The summed E-state index contributed by atoms with van der Waals surface area (Å²) in [5, 5.41) is 3.33. The number of amides is 1. The second-order valence-electron chi connectivity index (χ2n) is 6.72. The van der Waals surface area contributed by atoms with Gasteiger partial charge in [-0.3, -0.25) is 9.69 Å². The lowest BCUT2D eigenvalue weighted by Crippen LogP contribution is -2.56. The summed E-state index contributed by atoms with van der Waals surface area (Å²) in [4.78, 5) is 21.8. The van der Waals surface area contributed by atoms with E-state index in [4.69, 9.17) is 5.73 Å². The van der Waals surface area contributed by atoms with Gasteiger partial charge in [0.15, 0.2) is 0 Å². The van der Waals surface area contributed by atoms with E-state index in [0.717, 1.165) is 37.3 Å². The predicted molar refractivity (Wildman–Crippen MR) is 101 cm³/mol. The largest absolute Gasteiger partial charge is 0.338 e. The summed E-state index contributed by atoms with van der Waals surface area (Å²) in [6.07, 6.45) is 0.988. The Hall–Kier alpha value is -1.76. The van der Waals surface area contributed by atoms with Crippen LogP contribution in [-0.4, -0.2) is 46.9 Å². The fourth-order valence-electron chi connectivity index (χ4n) is 3.16. The smallest absolute Gasteiger partial charge is 0.247 e. The molecule has 1 aliphatic rings. The highest BCUT2D eigenvalue weighted by atomic mass is 32.1. The van der Waals surface area contributed by atoms with Crippen molar-refractivity contribution in [1.82, 2.24) is 14.8 Å². The number of hydrogen-bond donors (Lipinski definition) is 1. The third-order valence-electron chi connectivity index (χ3n) is 4.76. The molecule has 1 aromatic carbocycles. The molecule has 1 amide bonds. The Morgan fingerprint density at radius 3 is 2.52 bits per heavy atom. The van der Waals surface area contributed by atoms with Crippen LogP contribution in [-0.2, 0) is 23.3 Å². The monoisotopic (exact) mass is 358 g/mol. The number of aryl methyl sites for hydroxylation is 1. The predicted octanol–water partition coefficient (Wildman–Crippen LogP) is 2.22. The van der Waals surface area contributed by atoms with E-state index in [-0.39, 0.29) is 5.91 Å². The lowest BCUT2D eigenvalue weighted by Gasteiger charge is -2.38. The lowest BCUT2D eigenvalue weighted by atomic mass is 9.91. The van der Waals surface area contributed by atoms with Gasteiger partial charge in [-0.25, -0.2) is 4.98 Å². The highest BCUT2D eigenvalue weighted by Crippen LogP contribution is 2.21. The summed E-state index contributed by atoms with van der Waals surface area (Å²) in [5.41, 5.74) is 7.39. The van der Waals surface area contributed by atoms with Crippen LogP contribution in [0.3, 0.4) is 0 Å². The zero-order chi connectivity index (χ0) is 17.9. The van der Waals surface area contributed by atoms with E-state index in [2.05, 4.69) is 22.2 Å². The van der Waals surface area contributed by atoms with Crippen LogP contribution in [0.25, 0.3) is 0 Å². The maximum absolute atomic E-state index is 12.9. The molecule has 6 heteroatoms. The number of aromatic nitrogens is 1. The van der Waals surface area contributed by atoms with Crippen LogP contribution in [0.4, 0.5) is 0 Å². The van der Waals surface area contributed by atoms with E-state index in [0.29, 0.717) is 13.1 Å². The van der Waals surface area contributed by atoms with Gasteiger partial charge in [-0.2, -0.15) is 0 Å². The molecule has 2 heterocycles. The molecule has 1 unspecified atom stereocenters. The van der Waals surface area contributed by atoms with E-state index < -0.39 is 5.54 Å². The van der Waals surface area contributed by atoms with Crippen LogP contribution in [0.5, 0.6) is 0 Å². The number of rotatable bonds is 5. The Morgan fingerprint density at radius 2 is 1.92 bits per heavy atom. The molecule has 0 aliphatic carbocycles. The van der Waals surface area contributed by atoms with Gasteiger partial charge in [-0.05, 0) is 18.9 Å². The molecule has 1 fully saturated rings. The first kappa shape index (κ1) is 18.0. The number of nitrogens with zero attached hydrogens (tertiary/aromatic N) is 3. The van der Waals surface area contributed by atoms with Crippen LogP contribution in [0.2, 0.25) is 0 Å². The zero-order valence-corrected chi connectivity index (χ0v) is 15.8. The summed E-state index contributed by atoms with van der Waals surface area (Å²) in [6.45, 7) is 7.93. The molecule has 2 N–H and O–H groups in total. The maximum atomic E-state index is 12.9. The Kier molecular flexibility index (Phi) is 5.51. The van der Waals surface area contributed by atoms with Crippen molar-refractivity contribution in [3.05, 3.63) is 52.0 Å².